The molecular formula is C21H17F2N3O2. The minimum absolute atomic E-state index is 0.0280. The maximum absolute atomic E-state index is 14.7. The first kappa shape index (κ1) is 18.0. The zero-order valence-corrected chi connectivity index (χ0v) is 15.2. The molecule has 0 radical (unpaired) electrons. The fourth-order valence-corrected chi connectivity index (χ4v) is 3.34. The summed E-state index contributed by atoms with van der Waals surface area (Å²) in [6.07, 6.45) is 5.51. The summed E-state index contributed by atoms with van der Waals surface area (Å²) in [7, 11) is 1.65. The van der Waals surface area contributed by atoms with Crippen LogP contribution in [-0.4, -0.2) is 22.9 Å². The summed E-state index contributed by atoms with van der Waals surface area (Å²) in [6.45, 7) is 0.0280. The Hall–Kier alpha value is -3.35. The van der Waals surface area contributed by atoms with E-state index in [0.29, 0.717) is 35.2 Å². The van der Waals surface area contributed by atoms with Gasteiger partial charge in [-0.3, -0.25) is 9.78 Å². The van der Waals surface area contributed by atoms with Crippen LogP contribution in [-0.2, 0) is 17.8 Å². The Morgan fingerprint density at radius 3 is 2.82 bits per heavy atom. The van der Waals surface area contributed by atoms with Gasteiger partial charge in [-0.2, -0.15) is 0 Å². The second-order valence-corrected chi connectivity index (χ2v) is 6.54. The fraction of sp³-hybridized carbons (Fsp3) is 0.190. The normalized spacial score (nSPS) is 13.4. The van der Waals surface area contributed by atoms with Gasteiger partial charge in [-0.25, -0.2) is 13.8 Å². The number of hydrogen-bond acceptors (Lipinski definition) is 4. The molecule has 0 fully saturated rings. The van der Waals surface area contributed by atoms with Crippen LogP contribution in [0.2, 0.25) is 0 Å². The molecule has 2 aromatic heterocycles. The number of benzene rings is 1. The second-order valence-electron chi connectivity index (χ2n) is 6.54. The van der Waals surface area contributed by atoms with Gasteiger partial charge in [0.2, 0.25) is 5.91 Å². The van der Waals surface area contributed by atoms with Gasteiger partial charge in [-0.15, -0.1) is 0 Å². The number of carbonyl (C=O) groups is 1. The van der Waals surface area contributed by atoms with Crippen LogP contribution in [0.5, 0.6) is 5.88 Å². The van der Waals surface area contributed by atoms with Crippen LogP contribution >= 0.6 is 0 Å². The zero-order valence-electron chi connectivity index (χ0n) is 15.2. The Bertz CT molecular complexity index is 1060. The van der Waals surface area contributed by atoms with Crippen molar-refractivity contribution in [2.75, 3.05) is 11.9 Å². The van der Waals surface area contributed by atoms with E-state index in [4.69, 9.17) is 4.74 Å². The van der Waals surface area contributed by atoms with Crippen LogP contribution in [0.3, 0.4) is 0 Å². The van der Waals surface area contributed by atoms with Crippen molar-refractivity contribution in [3.63, 3.8) is 0 Å². The smallest absolute Gasteiger partial charge is 0.250 e. The molecular weight excluding hydrogens is 364 g/mol. The van der Waals surface area contributed by atoms with E-state index in [2.05, 4.69) is 9.97 Å². The van der Waals surface area contributed by atoms with Crippen LogP contribution in [0, 0.1) is 11.6 Å². The Kier molecular flexibility index (Phi) is 4.73. The Morgan fingerprint density at radius 2 is 2.00 bits per heavy atom. The summed E-state index contributed by atoms with van der Waals surface area (Å²) in [5, 5.41) is 0. The molecule has 28 heavy (non-hydrogen) atoms. The van der Waals surface area contributed by atoms with Gasteiger partial charge in [-0.1, -0.05) is 6.07 Å². The lowest BCUT2D eigenvalue weighted by Gasteiger charge is -2.28. The molecule has 4 rings (SSSR count). The second kappa shape index (κ2) is 7.34. The Balaban J connectivity index is 1.69. The summed E-state index contributed by atoms with van der Waals surface area (Å²) in [6, 6.07) is 7.57. The SMILES string of the molecule is CN1C(=O)CCc2ccc(F)c(-c3cncc(COc4ncccc4F)c3)c21. The summed E-state index contributed by atoms with van der Waals surface area (Å²) in [5.41, 5.74) is 2.96. The molecule has 0 N–H and O–H groups in total. The summed E-state index contributed by atoms with van der Waals surface area (Å²) in [5.74, 6) is -1.16. The fourth-order valence-electron chi connectivity index (χ4n) is 3.34. The number of pyridine rings is 2. The maximum atomic E-state index is 14.7. The van der Waals surface area contributed by atoms with E-state index in [0.717, 1.165) is 5.56 Å². The van der Waals surface area contributed by atoms with Crippen molar-refractivity contribution in [3.8, 4) is 17.0 Å². The minimum atomic E-state index is -0.560. The molecule has 0 aliphatic carbocycles. The van der Waals surface area contributed by atoms with E-state index in [1.165, 1.54) is 35.5 Å². The first-order valence-electron chi connectivity index (χ1n) is 8.80. The van der Waals surface area contributed by atoms with E-state index in [1.807, 2.05) is 0 Å². The molecule has 1 aliphatic rings. The lowest BCUT2D eigenvalue weighted by Crippen LogP contribution is -2.31. The van der Waals surface area contributed by atoms with Crippen LogP contribution < -0.4 is 9.64 Å². The molecule has 7 heteroatoms. The molecule has 0 saturated carbocycles. The van der Waals surface area contributed by atoms with Crippen molar-refractivity contribution in [1.29, 1.82) is 0 Å². The number of carbonyl (C=O) groups excluding carboxylic acids is 1. The molecule has 0 spiro atoms. The third kappa shape index (κ3) is 3.31. The lowest BCUT2D eigenvalue weighted by molar-refractivity contribution is -0.118. The monoisotopic (exact) mass is 381 g/mol. The van der Waals surface area contributed by atoms with Gasteiger partial charge in [0.15, 0.2) is 5.82 Å². The largest absolute Gasteiger partial charge is 0.471 e. The van der Waals surface area contributed by atoms with Crippen molar-refractivity contribution in [3.05, 3.63) is 71.7 Å². The number of hydrogen-bond donors (Lipinski definition) is 0. The molecule has 5 nitrogen and oxygen atoms in total. The average molecular weight is 381 g/mol. The zero-order chi connectivity index (χ0) is 19.7. The van der Waals surface area contributed by atoms with Crippen LogP contribution in [0.25, 0.3) is 11.1 Å². The third-order valence-electron chi connectivity index (χ3n) is 4.71. The van der Waals surface area contributed by atoms with E-state index < -0.39 is 11.6 Å². The molecule has 0 saturated heterocycles. The summed E-state index contributed by atoms with van der Waals surface area (Å²) < 4.78 is 33.8. The molecule has 3 aromatic rings. The predicted octanol–water partition coefficient (Wildman–Crippen LogP) is 3.91. The minimum Gasteiger partial charge on any atom is -0.471 e. The number of halogens is 2. The van der Waals surface area contributed by atoms with Crippen molar-refractivity contribution in [2.45, 2.75) is 19.4 Å². The third-order valence-corrected chi connectivity index (χ3v) is 4.71. The van der Waals surface area contributed by atoms with Crippen LogP contribution in [0.1, 0.15) is 17.5 Å². The first-order chi connectivity index (χ1) is 13.5. The number of aryl methyl sites for hydroxylation is 1. The number of ether oxygens (including phenoxy) is 1. The Labute approximate surface area is 160 Å². The van der Waals surface area contributed by atoms with Gasteiger partial charge >= 0.3 is 0 Å². The Morgan fingerprint density at radius 1 is 1.14 bits per heavy atom. The standard InChI is InChI=1S/C21H17F2N3O2/c1-26-18(27)7-5-14-4-6-16(22)19(20(14)26)15-9-13(10-24-11-15)12-28-21-17(23)3-2-8-25-21/h2-4,6,8-11H,5,7,12H2,1H3. The van der Waals surface area contributed by atoms with Gasteiger partial charge in [0.25, 0.3) is 5.88 Å². The molecule has 1 aliphatic heterocycles. The predicted molar refractivity (Wildman–Crippen MR) is 99.9 cm³/mol. The van der Waals surface area contributed by atoms with Gasteiger partial charge < -0.3 is 9.64 Å². The highest BCUT2D eigenvalue weighted by atomic mass is 19.1. The molecule has 3 heterocycles. The number of amides is 1. The molecule has 0 atom stereocenters. The van der Waals surface area contributed by atoms with Crippen molar-refractivity contribution < 1.29 is 18.3 Å². The average Bonchev–Trinajstić information content (AvgIpc) is 2.70. The van der Waals surface area contributed by atoms with Crippen molar-refractivity contribution in [2.24, 2.45) is 0 Å². The van der Waals surface area contributed by atoms with Gasteiger partial charge in [0.05, 0.1) is 5.69 Å². The quantitative estimate of drug-likeness (QED) is 0.688. The lowest BCUT2D eigenvalue weighted by atomic mass is 9.93. The van der Waals surface area contributed by atoms with Crippen molar-refractivity contribution >= 4 is 11.6 Å². The number of nitrogens with zero attached hydrogens (tertiary/aromatic N) is 3. The first-order valence-corrected chi connectivity index (χ1v) is 8.80. The topological polar surface area (TPSA) is 55.3 Å². The van der Waals surface area contributed by atoms with E-state index >= 15 is 0 Å². The highest BCUT2D eigenvalue weighted by molar-refractivity contribution is 6.00. The van der Waals surface area contributed by atoms with Gasteiger partial charge in [0.1, 0.15) is 12.4 Å². The summed E-state index contributed by atoms with van der Waals surface area (Å²) >= 11 is 0. The molecule has 142 valence electrons. The number of fused-ring (bicyclic) bond motifs is 1. The van der Waals surface area contributed by atoms with E-state index in [1.54, 1.807) is 25.4 Å². The molecule has 0 unspecified atom stereocenters. The van der Waals surface area contributed by atoms with Crippen molar-refractivity contribution in [1.82, 2.24) is 9.97 Å². The van der Waals surface area contributed by atoms with Gasteiger partial charge in [0, 0.05) is 48.7 Å². The molecule has 1 aromatic carbocycles. The number of rotatable bonds is 4. The van der Waals surface area contributed by atoms with Crippen LogP contribution in [0.15, 0.2) is 48.9 Å². The van der Waals surface area contributed by atoms with E-state index in [-0.39, 0.29) is 18.4 Å². The number of aromatic nitrogens is 2. The highest BCUT2D eigenvalue weighted by Crippen LogP contribution is 2.39. The summed E-state index contributed by atoms with van der Waals surface area (Å²) in [4.78, 5) is 21.6. The molecule has 0 bridgehead atoms. The van der Waals surface area contributed by atoms with Gasteiger partial charge in [-0.05, 0) is 36.2 Å². The van der Waals surface area contributed by atoms with Crippen LogP contribution in [0.4, 0.5) is 14.5 Å². The highest BCUT2D eigenvalue weighted by Gasteiger charge is 2.26. The molecule has 1 amide bonds. The van der Waals surface area contributed by atoms with E-state index in [9.17, 15) is 13.6 Å². The maximum Gasteiger partial charge on any atom is 0.250 e. The number of anilines is 1.